The van der Waals surface area contributed by atoms with Gasteiger partial charge in [0.2, 0.25) is 5.95 Å². The molecule has 1 aromatic carbocycles. The van der Waals surface area contributed by atoms with Gasteiger partial charge < -0.3 is 16.5 Å². The van der Waals surface area contributed by atoms with Crippen molar-refractivity contribution in [3.63, 3.8) is 0 Å². The molecule has 0 bridgehead atoms. The Hall–Kier alpha value is -1.86. The number of benzene rings is 1. The molecule has 0 saturated carbocycles. The molecule has 0 amide bonds. The number of halogens is 1. The van der Waals surface area contributed by atoms with Gasteiger partial charge in [-0.25, -0.2) is 5.84 Å². The van der Waals surface area contributed by atoms with Gasteiger partial charge in [0.15, 0.2) is 0 Å². The molecule has 0 spiro atoms. The van der Waals surface area contributed by atoms with Gasteiger partial charge in [0.25, 0.3) is 0 Å². The molecule has 6 nitrogen and oxygen atoms in total. The van der Waals surface area contributed by atoms with Crippen LogP contribution in [0, 0.1) is 6.92 Å². The number of hydrazine groups is 1. The lowest BCUT2D eigenvalue weighted by Gasteiger charge is -2.11. The van der Waals surface area contributed by atoms with E-state index >= 15 is 0 Å². The molecule has 1 heterocycles. The van der Waals surface area contributed by atoms with Gasteiger partial charge in [0.05, 0.1) is 0 Å². The summed E-state index contributed by atoms with van der Waals surface area (Å²) in [5.74, 6) is 6.49. The first-order valence-corrected chi connectivity index (χ1v) is 6.03. The third kappa shape index (κ3) is 2.69. The monoisotopic (exact) mass is 308 g/mol. The maximum absolute atomic E-state index is 5.59. The molecule has 2 aromatic rings. The SMILES string of the molecule is Cc1c(Br)cccc1Nc1cc(NN)nc(N)n1. The number of hydrogen-bond donors (Lipinski definition) is 4. The largest absolute Gasteiger partial charge is 0.368 e. The van der Waals surface area contributed by atoms with Crippen LogP contribution in [0.2, 0.25) is 0 Å². The third-order valence-corrected chi connectivity index (χ3v) is 3.28. The number of rotatable bonds is 3. The molecule has 0 fully saturated rings. The molecule has 0 aliphatic carbocycles. The number of nitrogen functional groups attached to an aromatic ring is 2. The number of hydrogen-bond acceptors (Lipinski definition) is 6. The van der Waals surface area contributed by atoms with Gasteiger partial charge in [0.1, 0.15) is 11.6 Å². The van der Waals surface area contributed by atoms with E-state index < -0.39 is 0 Å². The summed E-state index contributed by atoms with van der Waals surface area (Å²) in [4.78, 5) is 8.01. The van der Waals surface area contributed by atoms with E-state index in [9.17, 15) is 0 Å². The topological polar surface area (TPSA) is 102 Å². The Kier molecular flexibility index (Phi) is 3.63. The zero-order valence-electron chi connectivity index (χ0n) is 9.74. The van der Waals surface area contributed by atoms with Crippen molar-refractivity contribution in [3.8, 4) is 0 Å². The van der Waals surface area contributed by atoms with Crippen molar-refractivity contribution in [2.24, 2.45) is 5.84 Å². The first kappa shape index (κ1) is 12.6. The zero-order chi connectivity index (χ0) is 13.1. The second kappa shape index (κ2) is 5.19. The smallest absolute Gasteiger partial charge is 0.223 e. The van der Waals surface area contributed by atoms with E-state index in [2.05, 4.69) is 36.6 Å². The van der Waals surface area contributed by atoms with Gasteiger partial charge in [0, 0.05) is 16.2 Å². The molecule has 7 heteroatoms. The molecule has 18 heavy (non-hydrogen) atoms. The fourth-order valence-corrected chi connectivity index (χ4v) is 1.85. The predicted octanol–water partition coefficient (Wildman–Crippen LogP) is 2.16. The molecule has 0 aliphatic heterocycles. The summed E-state index contributed by atoms with van der Waals surface area (Å²) in [6.07, 6.45) is 0. The Balaban J connectivity index is 2.34. The number of nitrogens with zero attached hydrogens (tertiary/aromatic N) is 2. The first-order valence-electron chi connectivity index (χ1n) is 5.23. The van der Waals surface area contributed by atoms with Crippen LogP contribution in [0.1, 0.15) is 5.56 Å². The van der Waals surface area contributed by atoms with Crippen LogP contribution in [0.3, 0.4) is 0 Å². The Morgan fingerprint density at radius 3 is 2.67 bits per heavy atom. The summed E-state index contributed by atoms with van der Waals surface area (Å²) < 4.78 is 1.02. The lowest BCUT2D eigenvalue weighted by molar-refractivity contribution is 1.15. The van der Waals surface area contributed by atoms with Crippen LogP contribution in [0.25, 0.3) is 0 Å². The van der Waals surface area contributed by atoms with Crippen molar-refractivity contribution < 1.29 is 0 Å². The van der Waals surface area contributed by atoms with Crippen LogP contribution in [0.5, 0.6) is 0 Å². The van der Waals surface area contributed by atoms with Crippen LogP contribution in [0.15, 0.2) is 28.7 Å². The van der Waals surface area contributed by atoms with Crippen molar-refractivity contribution in [2.45, 2.75) is 6.92 Å². The highest BCUT2D eigenvalue weighted by Gasteiger charge is 2.05. The highest BCUT2D eigenvalue weighted by molar-refractivity contribution is 9.10. The maximum Gasteiger partial charge on any atom is 0.223 e. The minimum absolute atomic E-state index is 0.153. The third-order valence-electron chi connectivity index (χ3n) is 2.42. The molecule has 6 N–H and O–H groups in total. The maximum atomic E-state index is 5.59. The van der Waals surface area contributed by atoms with E-state index in [4.69, 9.17) is 11.6 Å². The van der Waals surface area contributed by atoms with Gasteiger partial charge in [-0.15, -0.1) is 0 Å². The lowest BCUT2D eigenvalue weighted by Crippen LogP contribution is -2.11. The minimum atomic E-state index is 0.153. The van der Waals surface area contributed by atoms with E-state index in [1.807, 2.05) is 25.1 Å². The predicted molar refractivity (Wildman–Crippen MR) is 76.4 cm³/mol. The van der Waals surface area contributed by atoms with Crippen LogP contribution in [-0.2, 0) is 0 Å². The first-order chi connectivity index (χ1) is 8.60. The van der Waals surface area contributed by atoms with Crippen molar-refractivity contribution in [1.82, 2.24) is 9.97 Å². The van der Waals surface area contributed by atoms with Crippen molar-refractivity contribution in [3.05, 3.63) is 34.3 Å². The molecule has 0 radical (unpaired) electrons. The number of anilines is 4. The van der Waals surface area contributed by atoms with E-state index in [0.717, 1.165) is 15.7 Å². The van der Waals surface area contributed by atoms with Crippen molar-refractivity contribution in [2.75, 3.05) is 16.5 Å². The summed E-state index contributed by atoms with van der Waals surface area (Å²) in [5, 5.41) is 3.17. The summed E-state index contributed by atoms with van der Waals surface area (Å²) in [6.45, 7) is 2.00. The van der Waals surface area contributed by atoms with Crippen molar-refractivity contribution in [1.29, 1.82) is 0 Å². The highest BCUT2D eigenvalue weighted by atomic mass is 79.9. The molecule has 1 aromatic heterocycles. The lowest BCUT2D eigenvalue weighted by atomic mass is 10.2. The van der Waals surface area contributed by atoms with Crippen LogP contribution in [-0.4, -0.2) is 9.97 Å². The van der Waals surface area contributed by atoms with Gasteiger partial charge >= 0.3 is 0 Å². The van der Waals surface area contributed by atoms with Gasteiger partial charge in [-0.2, -0.15) is 9.97 Å². The molecule has 0 aliphatic rings. The van der Waals surface area contributed by atoms with Gasteiger partial charge in [-0.3, -0.25) is 0 Å². The second-order valence-electron chi connectivity index (χ2n) is 3.68. The summed E-state index contributed by atoms with van der Waals surface area (Å²) in [5.41, 5.74) is 10.0. The van der Waals surface area contributed by atoms with Gasteiger partial charge in [-0.05, 0) is 24.6 Å². The average molecular weight is 309 g/mol. The second-order valence-corrected chi connectivity index (χ2v) is 4.53. The van der Waals surface area contributed by atoms with E-state index in [0.29, 0.717) is 11.6 Å². The molecule has 0 unspecified atom stereocenters. The molecule has 94 valence electrons. The molecule has 2 rings (SSSR count). The van der Waals surface area contributed by atoms with E-state index in [1.54, 1.807) is 6.07 Å². The zero-order valence-corrected chi connectivity index (χ0v) is 11.3. The Bertz CT molecular complexity index is 571. The Morgan fingerprint density at radius 2 is 1.94 bits per heavy atom. The van der Waals surface area contributed by atoms with Crippen LogP contribution in [0.4, 0.5) is 23.3 Å². The molecule has 0 saturated heterocycles. The van der Waals surface area contributed by atoms with E-state index in [-0.39, 0.29) is 5.95 Å². The molecular formula is C11H13BrN6. The van der Waals surface area contributed by atoms with Crippen LogP contribution < -0.4 is 22.3 Å². The van der Waals surface area contributed by atoms with Crippen LogP contribution >= 0.6 is 15.9 Å². The quantitative estimate of drug-likeness (QED) is 0.512. The number of nitrogens with one attached hydrogen (secondary N) is 2. The van der Waals surface area contributed by atoms with Crippen molar-refractivity contribution >= 4 is 39.2 Å². The fourth-order valence-electron chi connectivity index (χ4n) is 1.48. The average Bonchev–Trinajstić information content (AvgIpc) is 2.34. The van der Waals surface area contributed by atoms with E-state index in [1.165, 1.54) is 0 Å². The van der Waals surface area contributed by atoms with Gasteiger partial charge in [-0.1, -0.05) is 22.0 Å². The standard InChI is InChI=1S/C11H13BrN6/c1-6-7(12)3-2-4-8(6)15-9-5-10(18-14)17-11(13)16-9/h2-5H,14H2,1H3,(H4,13,15,16,17,18). The number of nitrogens with two attached hydrogens (primary N) is 2. The Morgan fingerprint density at radius 1 is 1.22 bits per heavy atom. The number of aromatic nitrogens is 2. The normalized spacial score (nSPS) is 10.2. The fraction of sp³-hybridized carbons (Fsp3) is 0.0909. The molecule has 0 atom stereocenters. The summed E-state index contributed by atoms with van der Waals surface area (Å²) in [7, 11) is 0. The summed E-state index contributed by atoms with van der Waals surface area (Å²) in [6, 6.07) is 7.54. The summed E-state index contributed by atoms with van der Waals surface area (Å²) >= 11 is 3.47. The Labute approximate surface area is 113 Å². The minimum Gasteiger partial charge on any atom is -0.368 e. The molecular weight excluding hydrogens is 296 g/mol. The highest BCUT2D eigenvalue weighted by Crippen LogP contribution is 2.26.